The smallest absolute Gasteiger partial charge is 0.335 e. The van der Waals surface area contributed by atoms with Gasteiger partial charge in [0.05, 0.1) is 18.3 Å². The van der Waals surface area contributed by atoms with E-state index in [0.29, 0.717) is 17.9 Å². The van der Waals surface area contributed by atoms with Crippen molar-refractivity contribution >= 4 is 22.9 Å². The van der Waals surface area contributed by atoms with Crippen LogP contribution in [0.4, 0.5) is 0 Å². The summed E-state index contributed by atoms with van der Waals surface area (Å²) in [5, 5.41) is 24.2. The topological polar surface area (TPSA) is 117 Å². The van der Waals surface area contributed by atoms with E-state index in [-0.39, 0.29) is 5.17 Å². The quantitative estimate of drug-likeness (QED) is 0.474. The number of nitrogens with two attached hydrogens (primary N) is 1. The molecular formula is C12H18N2O4S. The SMILES string of the molecule is COCC(O)CSC(=N)N.O=C(O)c1ccccc1. The molecule has 0 aliphatic carbocycles. The minimum atomic E-state index is -0.879. The Morgan fingerprint density at radius 2 is 2.05 bits per heavy atom. The van der Waals surface area contributed by atoms with Crippen LogP contribution in [0.25, 0.3) is 0 Å². The maximum absolute atomic E-state index is 10.2. The molecule has 0 amide bonds. The van der Waals surface area contributed by atoms with Crippen LogP contribution in [0.5, 0.6) is 0 Å². The van der Waals surface area contributed by atoms with E-state index in [1.54, 1.807) is 30.3 Å². The molecule has 0 aliphatic rings. The van der Waals surface area contributed by atoms with E-state index < -0.39 is 12.1 Å². The first-order valence-electron chi connectivity index (χ1n) is 5.39. The number of hydrogen-bond donors (Lipinski definition) is 4. The molecule has 19 heavy (non-hydrogen) atoms. The van der Waals surface area contributed by atoms with Gasteiger partial charge in [0, 0.05) is 12.9 Å². The van der Waals surface area contributed by atoms with Crippen LogP contribution in [0, 0.1) is 5.41 Å². The van der Waals surface area contributed by atoms with Gasteiger partial charge in [-0.1, -0.05) is 30.0 Å². The summed E-state index contributed by atoms with van der Waals surface area (Å²) in [7, 11) is 1.52. The Morgan fingerprint density at radius 3 is 2.42 bits per heavy atom. The molecule has 1 atom stereocenters. The van der Waals surface area contributed by atoms with Crippen molar-refractivity contribution in [1.29, 1.82) is 5.41 Å². The standard InChI is InChI=1S/C7H6O2.C5H12N2O2S/c8-7(9)6-4-2-1-3-5-6;1-9-2-4(8)3-10-5(6)7/h1-5H,(H,8,9);4,8H,2-3H2,1H3,(H3,6,7). The van der Waals surface area contributed by atoms with Gasteiger partial charge in [-0.15, -0.1) is 0 Å². The van der Waals surface area contributed by atoms with Crippen LogP contribution in [0.1, 0.15) is 10.4 Å². The average molecular weight is 286 g/mol. The Morgan fingerprint density at radius 1 is 1.47 bits per heavy atom. The predicted octanol–water partition coefficient (Wildman–Crippen LogP) is 1.01. The molecule has 1 aromatic rings. The van der Waals surface area contributed by atoms with Crippen molar-refractivity contribution in [1.82, 2.24) is 0 Å². The summed E-state index contributed by atoms with van der Waals surface area (Å²) in [4.78, 5) is 10.2. The zero-order valence-corrected chi connectivity index (χ0v) is 11.4. The van der Waals surface area contributed by atoms with Crippen LogP contribution in [0.2, 0.25) is 0 Å². The highest BCUT2D eigenvalue weighted by atomic mass is 32.2. The molecule has 5 N–H and O–H groups in total. The van der Waals surface area contributed by atoms with Crippen molar-refractivity contribution in [2.75, 3.05) is 19.5 Å². The van der Waals surface area contributed by atoms with Crippen LogP contribution in [0.15, 0.2) is 30.3 Å². The summed E-state index contributed by atoms with van der Waals surface area (Å²) in [6.45, 7) is 0.292. The molecule has 106 valence electrons. The molecule has 0 saturated carbocycles. The highest BCUT2D eigenvalue weighted by Crippen LogP contribution is 2.00. The van der Waals surface area contributed by atoms with Gasteiger partial charge in [0.2, 0.25) is 0 Å². The van der Waals surface area contributed by atoms with Crippen molar-refractivity contribution in [2.24, 2.45) is 5.73 Å². The molecule has 0 aliphatic heterocycles. The van der Waals surface area contributed by atoms with Gasteiger partial charge in [0.15, 0.2) is 5.17 Å². The second-order valence-corrected chi connectivity index (χ2v) is 4.52. The molecule has 6 nitrogen and oxygen atoms in total. The lowest BCUT2D eigenvalue weighted by Crippen LogP contribution is -2.19. The van der Waals surface area contributed by atoms with Gasteiger partial charge in [0.25, 0.3) is 0 Å². The zero-order chi connectivity index (χ0) is 14.7. The van der Waals surface area contributed by atoms with Crippen LogP contribution >= 0.6 is 11.8 Å². The van der Waals surface area contributed by atoms with Crippen LogP contribution in [-0.2, 0) is 4.74 Å². The van der Waals surface area contributed by atoms with E-state index in [4.69, 9.17) is 21.4 Å². The van der Waals surface area contributed by atoms with E-state index in [1.807, 2.05) is 0 Å². The first-order valence-corrected chi connectivity index (χ1v) is 6.38. The van der Waals surface area contributed by atoms with E-state index in [0.717, 1.165) is 11.8 Å². The number of hydrogen-bond acceptors (Lipinski definition) is 5. The number of thioether (sulfide) groups is 1. The summed E-state index contributed by atoms with van der Waals surface area (Å²) in [6.07, 6.45) is -0.529. The molecule has 0 heterocycles. The van der Waals surface area contributed by atoms with Gasteiger partial charge in [0.1, 0.15) is 0 Å². The Kier molecular flexibility index (Phi) is 9.51. The molecule has 0 aromatic heterocycles. The minimum Gasteiger partial charge on any atom is -0.478 e. The number of aliphatic hydroxyl groups is 1. The number of carboxylic acid groups (broad SMARTS) is 1. The second-order valence-electron chi connectivity index (χ2n) is 3.46. The lowest BCUT2D eigenvalue weighted by Gasteiger charge is -2.06. The van der Waals surface area contributed by atoms with Crippen LogP contribution in [-0.4, -0.2) is 46.9 Å². The number of carbonyl (C=O) groups is 1. The van der Waals surface area contributed by atoms with Crippen molar-refractivity contribution in [3.8, 4) is 0 Å². The van der Waals surface area contributed by atoms with E-state index in [2.05, 4.69) is 4.74 Å². The summed E-state index contributed by atoms with van der Waals surface area (Å²) in [5.74, 6) is -0.459. The summed E-state index contributed by atoms with van der Waals surface area (Å²) in [5.41, 5.74) is 5.36. The Hall–Kier alpha value is -1.57. The molecule has 0 bridgehead atoms. The maximum atomic E-state index is 10.2. The normalized spacial score (nSPS) is 11.1. The van der Waals surface area contributed by atoms with E-state index in [9.17, 15) is 4.79 Å². The molecule has 1 rings (SSSR count). The lowest BCUT2D eigenvalue weighted by atomic mass is 10.2. The zero-order valence-electron chi connectivity index (χ0n) is 10.6. The molecule has 0 fully saturated rings. The Bertz CT molecular complexity index is 387. The molecule has 1 unspecified atom stereocenters. The number of methoxy groups -OCH3 is 1. The van der Waals surface area contributed by atoms with E-state index in [1.165, 1.54) is 7.11 Å². The summed E-state index contributed by atoms with van der Waals surface area (Å²) >= 11 is 1.11. The fraction of sp³-hybridized carbons (Fsp3) is 0.333. The maximum Gasteiger partial charge on any atom is 0.335 e. The molecule has 1 aromatic carbocycles. The van der Waals surface area contributed by atoms with Crippen LogP contribution in [0.3, 0.4) is 0 Å². The molecule has 0 radical (unpaired) electrons. The van der Waals surface area contributed by atoms with Crippen molar-refractivity contribution in [3.05, 3.63) is 35.9 Å². The summed E-state index contributed by atoms with van der Waals surface area (Å²) < 4.78 is 4.66. The fourth-order valence-corrected chi connectivity index (χ4v) is 1.48. The number of ether oxygens (including phenoxy) is 1. The number of benzene rings is 1. The fourth-order valence-electron chi connectivity index (χ4n) is 1.01. The molecule has 0 spiro atoms. The third kappa shape index (κ3) is 10.1. The van der Waals surface area contributed by atoms with Gasteiger partial charge >= 0.3 is 5.97 Å². The van der Waals surface area contributed by atoms with Gasteiger partial charge in [-0.3, -0.25) is 5.41 Å². The largest absolute Gasteiger partial charge is 0.478 e. The number of aliphatic hydroxyl groups excluding tert-OH is 1. The summed E-state index contributed by atoms with van der Waals surface area (Å²) in [6, 6.07) is 8.30. The molecular weight excluding hydrogens is 268 g/mol. The first-order chi connectivity index (χ1) is 8.97. The third-order valence-corrected chi connectivity index (χ3v) is 2.67. The highest BCUT2D eigenvalue weighted by molar-refractivity contribution is 8.13. The van der Waals surface area contributed by atoms with Crippen molar-refractivity contribution < 1.29 is 19.7 Å². The van der Waals surface area contributed by atoms with Gasteiger partial charge in [-0.25, -0.2) is 4.79 Å². The number of amidine groups is 1. The number of carboxylic acids is 1. The number of rotatable bonds is 5. The van der Waals surface area contributed by atoms with Gasteiger partial charge < -0.3 is 20.7 Å². The first kappa shape index (κ1) is 17.4. The number of nitrogens with one attached hydrogen (secondary N) is 1. The lowest BCUT2D eigenvalue weighted by molar-refractivity contribution is 0.0697. The average Bonchev–Trinajstić information content (AvgIpc) is 2.38. The van der Waals surface area contributed by atoms with Gasteiger partial charge in [-0.05, 0) is 12.1 Å². The minimum absolute atomic E-state index is 0.0233. The number of aromatic carboxylic acids is 1. The van der Waals surface area contributed by atoms with Gasteiger partial charge in [-0.2, -0.15) is 0 Å². The van der Waals surface area contributed by atoms with Crippen molar-refractivity contribution in [3.63, 3.8) is 0 Å². The van der Waals surface area contributed by atoms with Crippen LogP contribution < -0.4 is 5.73 Å². The molecule has 0 saturated heterocycles. The van der Waals surface area contributed by atoms with E-state index >= 15 is 0 Å². The van der Waals surface area contributed by atoms with Crippen molar-refractivity contribution in [2.45, 2.75) is 6.10 Å². The molecule has 7 heteroatoms. The Balaban J connectivity index is 0.000000342. The monoisotopic (exact) mass is 286 g/mol. The Labute approximate surface area is 116 Å². The predicted molar refractivity (Wildman–Crippen MR) is 75.7 cm³/mol. The third-order valence-electron chi connectivity index (χ3n) is 1.81. The second kappa shape index (κ2) is 10.4. The highest BCUT2D eigenvalue weighted by Gasteiger charge is 2.03.